The van der Waals surface area contributed by atoms with Crippen molar-refractivity contribution in [2.75, 3.05) is 11.1 Å². The molecule has 0 saturated carbocycles. The fourth-order valence-corrected chi connectivity index (χ4v) is 1.78. The first-order valence-corrected chi connectivity index (χ1v) is 5.60. The molecule has 0 saturated heterocycles. The minimum absolute atomic E-state index is 0.0888. The number of nitrogens with one attached hydrogen (secondary N) is 1. The van der Waals surface area contributed by atoms with Crippen molar-refractivity contribution < 1.29 is 13.6 Å². The Bertz CT molecular complexity index is 621. The van der Waals surface area contributed by atoms with Crippen molar-refractivity contribution in [2.24, 2.45) is 0 Å². The first-order valence-electron chi connectivity index (χ1n) is 5.60. The molecule has 0 radical (unpaired) electrons. The molecule has 0 aliphatic rings. The molecule has 3 N–H and O–H groups in total. The largest absolute Gasteiger partial charge is 0.398 e. The topological polar surface area (TPSA) is 55.1 Å². The summed E-state index contributed by atoms with van der Waals surface area (Å²) in [6.45, 7) is 1.73. The predicted molar refractivity (Wildman–Crippen MR) is 69.9 cm³/mol. The first-order chi connectivity index (χ1) is 8.99. The van der Waals surface area contributed by atoms with Crippen LogP contribution in [0.25, 0.3) is 0 Å². The maximum absolute atomic E-state index is 13.4. The van der Waals surface area contributed by atoms with Crippen molar-refractivity contribution in [1.82, 2.24) is 0 Å². The molecule has 0 aliphatic heterocycles. The lowest BCUT2D eigenvalue weighted by Gasteiger charge is -2.10. The normalized spacial score (nSPS) is 10.3. The van der Waals surface area contributed by atoms with Gasteiger partial charge in [-0.05, 0) is 30.7 Å². The van der Waals surface area contributed by atoms with Gasteiger partial charge in [-0.2, -0.15) is 0 Å². The zero-order valence-corrected chi connectivity index (χ0v) is 10.2. The van der Waals surface area contributed by atoms with E-state index < -0.39 is 17.5 Å². The van der Waals surface area contributed by atoms with Crippen LogP contribution in [0.4, 0.5) is 20.2 Å². The number of carbonyl (C=O) groups is 1. The summed E-state index contributed by atoms with van der Waals surface area (Å²) in [6.07, 6.45) is 0. The summed E-state index contributed by atoms with van der Waals surface area (Å²) in [4.78, 5) is 12.0. The number of nitrogen functional groups attached to an aromatic ring is 1. The molecular formula is C14H12F2N2O. The molecule has 0 spiro atoms. The van der Waals surface area contributed by atoms with Crippen LogP contribution >= 0.6 is 0 Å². The quantitative estimate of drug-likeness (QED) is 0.817. The standard InChI is InChI=1S/C14H12F2N2O/c1-8-3-2-4-11(17)13(8)14(19)18-12-6-5-9(15)7-10(12)16/h2-7H,17H2,1H3,(H,18,19). The van der Waals surface area contributed by atoms with E-state index in [1.165, 1.54) is 0 Å². The van der Waals surface area contributed by atoms with Gasteiger partial charge in [-0.15, -0.1) is 0 Å². The third kappa shape index (κ3) is 2.70. The summed E-state index contributed by atoms with van der Waals surface area (Å²) in [5.74, 6) is -2.06. The van der Waals surface area contributed by atoms with E-state index in [0.29, 0.717) is 17.3 Å². The lowest BCUT2D eigenvalue weighted by molar-refractivity contribution is 0.102. The second-order valence-corrected chi connectivity index (χ2v) is 4.12. The van der Waals surface area contributed by atoms with Crippen molar-refractivity contribution in [3.8, 4) is 0 Å². The third-order valence-electron chi connectivity index (χ3n) is 2.71. The maximum atomic E-state index is 13.4. The zero-order chi connectivity index (χ0) is 14.0. The van der Waals surface area contributed by atoms with Gasteiger partial charge in [0.25, 0.3) is 5.91 Å². The fourth-order valence-electron chi connectivity index (χ4n) is 1.78. The van der Waals surface area contributed by atoms with Gasteiger partial charge >= 0.3 is 0 Å². The zero-order valence-electron chi connectivity index (χ0n) is 10.2. The van der Waals surface area contributed by atoms with Gasteiger partial charge in [0.15, 0.2) is 0 Å². The van der Waals surface area contributed by atoms with E-state index in [4.69, 9.17) is 5.73 Å². The second-order valence-electron chi connectivity index (χ2n) is 4.12. The molecule has 2 rings (SSSR count). The number of amides is 1. The Balaban J connectivity index is 2.31. The molecule has 0 heterocycles. The monoisotopic (exact) mass is 262 g/mol. The number of anilines is 2. The first kappa shape index (κ1) is 13.0. The van der Waals surface area contributed by atoms with Crippen molar-refractivity contribution in [3.63, 3.8) is 0 Å². The fraction of sp³-hybridized carbons (Fsp3) is 0.0714. The van der Waals surface area contributed by atoms with Crippen LogP contribution in [0.15, 0.2) is 36.4 Å². The summed E-state index contributed by atoms with van der Waals surface area (Å²) >= 11 is 0. The van der Waals surface area contributed by atoms with Gasteiger partial charge < -0.3 is 11.1 Å². The number of nitrogens with two attached hydrogens (primary N) is 1. The number of rotatable bonds is 2. The van der Waals surface area contributed by atoms with Crippen LogP contribution in [-0.2, 0) is 0 Å². The minimum Gasteiger partial charge on any atom is -0.398 e. The molecule has 0 atom stereocenters. The number of halogens is 2. The number of aryl methyl sites for hydroxylation is 1. The highest BCUT2D eigenvalue weighted by Crippen LogP contribution is 2.20. The molecule has 2 aromatic carbocycles. The van der Waals surface area contributed by atoms with Gasteiger partial charge in [0.1, 0.15) is 11.6 Å². The Morgan fingerprint density at radius 2 is 1.95 bits per heavy atom. The maximum Gasteiger partial charge on any atom is 0.258 e. The molecule has 5 heteroatoms. The van der Waals surface area contributed by atoms with Gasteiger partial charge in [-0.3, -0.25) is 4.79 Å². The SMILES string of the molecule is Cc1cccc(N)c1C(=O)Nc1ccc(F)cc1F. The third-order valence-corrected chi connectivity index (χ3v) is 2.71. The van der Waals surface area contributed by atoms with Crippen LogP contribution in [-0.4, -0.2) is 5.91 Å². The minimum atomic E-state index is -0.833. The van der Waals surface area contributed by atoms with E-state index >= 15 is 0 Å². The number of hydrogen-bond acceptors (Lipinski definition) is 2. The predicted octanol–water partition coefficient (Wildman–Crippen LogP) is 3.11. The molecule has 2 aromatic rings. The van der Waals surface area contributed by atoms with Crippen molar-refractivity contribution in [2.45, 2.75) is 6.92 Å². The van der Waals surface area contributed by atoms with E-state index in [1.54, 1.807) is 25.1 Å². The van der Waals surface area contributed by atoms with E-state index in [9.17, 15) is 13.6 Å². The van der Waals surface area contributed by atoms with E-state index in [2.05, 4.69) is 5.32 Å². The average molecular weight is 262 g/mol. The Hall–Kier alpha value is -2.43. The molecule has 0 bridgehead atoms. The Labute approximate surface area is 109 Å². The molecular weight excluding hydrogens is 250 g/mol. The van der Waals surface area contributed by atoms with Gasteiger partial charge in [-0.1, -0.05) is 12.1 Å². The summed E-state index contributed by atoms with van der Waals surface area (Å²) in [7, 11) is 0. The van der Waals surface area contributed by atoms with Gasteiger partial charge in [0.05, 0.1) is 11.3 Å². The Kier molecular flexibility index (Phi) is 3.46. The molecule has 19 heavy (non-hydrogen) atoms. The number of hydrogen-bond donors (Lipinski definition) is 2. The smallest absolute Gasteiger partial charge is 0.258 e. The van der Waals surface area contributed by atoms with E-state index in [-0.39, 0.29) is 11.3 Å². The molecule has 3 nitrogen and oxygen atoms in total. The van der Waals surface area contributed by atoms with Crippen LogP contribution in [0.3, 0.4) is 0 Å². The average Bonchev–Trinajstić information content (AvgIpc) is 2.32. The van der Waals surface area contributed by atoms with Crippen LogP contribution in [0, 0.1) is 18.6 Å². The molecule has 1 amide bonds. The van der Waals surface area contributed by atoms with E-state index in [0.717, 1.165) is 12.1 Å². The summed E-state index contributed by atoms with van der Waals surface area (Å²) < 4.78 is 26.2. The summed E-state index contributed by atoms with van der Waals surface area (Å²) in [5, 5.41) is 2.37. The number of carbonyl (C=O) groups excluding carboxylic acids is 1. The van der Waals surface area contributed by atoms with Gasteiger partial charge in [0.2, 0.25) is 0 Å². The summed E-state index contributed by atoms with van der Waals surface area (Å²) in [5.41, 5.74) is 6.90. The van der Waals surface area contributed by atoms with Crippen LogP contribution in [0.5, 0.6) is 0 Å². The van der Waals surface area contributed by atoms with Crippen molar-refractivity contribution in [1.29, 1.82) is 0 Å². The van der Waals surface area contributed by atoms with E-state index in [1.807, 2.05) is 0 Å². The van der Waals surface area contributed by atoms with Crippen molar-refractivity contribution in [3.05, 3.63) is 59.2 Å². The summed E-state index contributed by atoms with van der Waals surface area (Å²) in [6, 6.07) is 7.98. The van der Waals surface area contributed by atoms with Gasteiger partial charge in [-0.25, -0.2) is 8.78 Å². The molecule has 0 aliphatic carbocycles. The van der Waals surface area contributed by atoms with Gasteiger partial charge in [0, 0.05) is 11.8 Å². The van der Waals surface area contributed by atoms with Crippen molar-refractivity contribution >= 4 is 17.3 Å². The van der Waals surface area contributed by atoms with Crippen LogP contribution in [0.1, 0.15) is 15.9 Å². The highest BCUT2D eigenvalue weighted by Gasteiger charge is 2.14. The molecule has 0 fully saturated rings. The second kappa shape index (κ2) is 5.06. The Morgan fingerprint density at radius 1 is 1.21 bits per heavy atom. The highest BCUT2D eigenvalue weighted by molar-refractivity contribution is 6.08. The molecule has 98 valence electrons. The lowest BCUT2D eigenvalue weighted by Crippen LogP contribution is -2.16. The molecule has 0 unspecified atom stereocenters. The van der Waals surface area contributed by atoms with Crippen LogP contribution < -0.4 is 11.1 Å². The highest BCUT2D eigenvalue weighted by atomic mass is 19.1. The molecule has 0 aromatic heterocycles. The lowest BCUT2D eigenvalue weighted by atomic mass is 10.1. The Morgan fingerprint density at radius 3 is 2.58 bits per heavy atom. The number of benzene rings is 2. The van der Waals surface area contributed by atoms with Crippen LogP contribution in [0.2, 0.25) is 0 Å².